The Bertz CT molecular complexity index is 176. The van der Waals surface area contributed by atoms with Gasteiger partial charge in [-0.05, 0) is 6.26 Å². The van der Waals surface area contributed by atoms with Crippen LogP contribution >= 0.6 is 10.7 Å². The van der Waals surface area contributed by atoms with Gasteiger partial charge in [0.1, 0.15) is 6.26 Å². The summed E-state index contributed by atoms with van der Waals surface area (Å²) in [6, 6.07) is 0. The largest absolute Gasteiger partial charge is 0.513 e. The van der Waals surface area contributed by atoms with Gasteiger partial charge in [-0.15, -0.1) is 0 Å². The summed E-state index contributed by atoms with van der Waals surface area (Å²) in [6.45, 7) is 0. The van der Waals surface area contributed by atoms with Crippen LogP contribution in [-0.2, 0) is 0 Å². The fraction of sp³-hybridized carbons (Fsp3) is 0.400. The molecular weight excluding hydrogens is 136 g/mol. The van der Waals surface area contributed by atoms with Gasteiger partial charge in [0.05, 0.1) is 5.70 Å². The predicted octanol–water partition coefficient (Wildman–Crippen LogP) is 0.452. The van der Waals surface area contributed by atoms with Gasteiger partial charge in [0.25, 0.3) is 0 Å². The van der Waals surface area contributed by atoms with Crippen LogP contribution in [0, 0.1) is 0 Å². The predicted molar refractivity (Wildman–Crippen MR) is 41.2 cm³/mol. The normalized spacial score (nSPS) is 32.2. The minimum atomic E-state index is 0.121. The number of nitrogens with one attached hydrogen (secondary N) is 1. The number of aliphatic hydroxyl groups is 1. The number of hydrogen-bond acceptors (Lipinski definition) is 3. The van der Waals surface area contributed by atoms with Gasteiger partial charge in [-0.3, -0.25) is 0 Å². The Balaban J connectivity index is 2.74. The molecule has 0 aromatic heterocycles. The van der Waals surface area contributed by atoms with Crippen molar-refractivity contribution in [3.05, 3.63) is 12.0 Å². The van der Waals surface area contributed by atoms with Gasteiger partial charge in [0.2, 0.25) is 0 Å². The van der Waals surface area contributed by atoms with Crippen LogP contribution in [0.25, 0.3) is 0 Å². The molecule has 0 saturated heterocycles. The summed E-state index contributed by atoms with van der Waals surface area (Å²) >= 11 is 0. The Morgan fingerprint density at radius 2 is 2.56 bits per heavy atom. The highest BCUT2D eigenvalue weighted by atomic mass is 32.2. The van der Waals surface area contributed by atoms with E-state index in [9.17, 15) is 0 Å². The first-order chi connectivity index (χ1) is 4.24. The van der Waals surface area contributed by atoms with Crippen molar-refractivity contribution in [2.45, 2.75) is 0 Å². The zero-order valence-corrected chi connectivity index (χ0v) is 6.27. The van der Waals surface area contributed by atoms with E-state index in [0.717, 1.165) is 12.0 Å². The van der Waals surface area contributed by atoms with E-state index in [1.54, 1.807) is 0 Å². The maximum absolute atomic E-state index is 8.52. The van der Waals surface area contributed by atoms with Crippen LogP contribution in [0.5, 0.6) is 0 Å². The topological polar surface area (TPSA) is 35.5 Å². The van der Waals surface area contributed by atoms with Crippen molar-refractivity contribution in [2.75, 3.05) is 13.3 Å². The number of allylic oxidation sites excluding steroid dienone is 1. The molecule has 1 unspecified atom stereocenters. The minimum Gasteiger partial charge on any atom is -0.513 e. The van der Waals surface area contributed by atoms with E-state index in [2.05, 4.69) is 11.7 Å². The second-order valence-corrected chi connectivity index (χ2v) is 3.67. The zero-order valence-electron chi connectivity index (χ0n) is 5.46. The zero-order chi connectivity index (χ0) is 6.85. The SMILES string of the molecule is CN1NC(=CO)C=S1C. The molecule has 1 aliphatic rings. The maximum Gasteiger partial charge on any atom is 0.104 e. The lowest BCUT2D eigenvalue weighted by Gasteiger charge is -2.10. The Morgan fingerprint density at radius 1 is 1.89 bits per heavy atom. The summed E-state index contributed by atoms with van der Waals surface area (Å²) in [5.41, 5.74) is 3.74. The summed E-state index contributed by atoms with van der Waals surface area (Å²) in [7, 11) is 2.06. The molecule has 1 rings (SSSR count). The van der Waals surface area contributed by atoms with Crippen molar-refractivity contribution in [1.29, 1.82) is 0 Å². The van der Waals surface area contributed by atoms with Gasteiger partial charge >= 0.3 is 0 Å². The molecule has 0 bridgehead atoms. The first-order valence-electron chi connectivity index (χ1n) is 2.58. The molecule has 0 aliphatic carbocycles. The highest BCUT2D eigenvalue weighted by Gasteiger charge is 2.07. The summed E-state index contributed by atoms with van der Waals surface area (Å²) in [4.78, 5) is 0. The molecule has 0 aromatic carbocycles. The van der Waals surface area contributed by atoms with Gasteiger partial charge in [0.15, 0.2) is 0 Å². The van der Waals surface area contributed by atoms with Crippen LogP contribution < -0.4 is 5.43 Å². The summed E-state index contributed by atoms with van der Waals surface area (Å²) in [5, 5.41) is 10.5. The monoisotopic (exact) mass is 146 g/mol. The molecule has 1 heterocycles. The number of aliphatic hydroxyl groups excluding tert-OH is 1. The van der Waals surface area contributed by atoms with Gasteiger partial charge in [-0.1, -0.05) is 10.7 Å². The van der Waals surface area contributed by atoms with Crippen LogP contribution in [0.1, 0.15) is 0 Å². The van der Waals surface area contributed by atoms with Gasteiger partial charge in [-0.25, -0.2) is 0 Å². The van der Waals surface area contributed by atoms with E-state index in [-0.39, 0.29) is 10.7 Å². The van der Waals surface area contributed by atoms with Crippen LogP contribution in [0.2, 0.25) is 0 Å². The highest BCUT2D eigenvalue weighted by Crippen LogP contribution is 2.16. The van der Waals surface area contributed by atoms with Crippen molar-refractivity contribution >= 4 is 16.0 Å². The molecule has 1 atom stereocenters. The molecule has 4 heteroatoms. The second-order valence-electron chi connectivity index (χ2n) is 1.84. The lowest BCUT2D eigenvalue weighted by Crippen LogP contribution is -2.22. The standard InChI is InChI=1S/C5H10N2OS/c1-7-6-5(3-8)4-9(7)2/h3-4,6,8H,1-2H3. The first kappa shape index (κ1) is 6.64. The van der Waals surface area contributed by atoms with E-state index >= 15 is 0 Å². The first-order valence-corrected chi connectivity index (χ1v) is 4.24. The third kappa shape index (κ3) is 1.25. The Kier molecular flexibility index (Phi) is 1.78. The molecule has 0 amide bonds. The fourth-order valence-electron chi connectivity index (χ4n) is 0.602. The molecule has 0 fully saturated rings. The van der Waals surface area contributed by atoms with Crippen LogP contribution in [-0.4, -0.2) is 28.2 Å². The molecule has 0 aromatic rings. The third-order valence-corrected chi connectivity index (χ3v) is 2.71. The quantitative estimate of drug-likeness (QED) is 0.296. The van der Waals surface area contributed by atoms with Gasteiger partial charge in [-0.2, -0.15) is 4.41 Å². The van der Waals surface area contributed by atoms with E-state index in [4.69, 9.17) is 5.11 Å². The molecular formula is C5H10N2OS. The van der Waals surface area contributed by atoms with Gasteiger partial charge in [0, 0.05) is 12.4 Å². The lowest BCUT2D eigenvalue weighted by molar-refractivity contribution is 0.437. The smallest absolute Gasteiger partial charge is 0.104 e. The minimum absolute atomic E-state index is 0.121. The molecule has 9 heavy (non-hydrogen) atoms. The van der Waals surface area contributed by atoms with Crippen molar-refractivity contribution in [3.8, 4) is 0 Å². The fourth-order valence-corrected chi connectivity index (χ4v) is 1.49. The molecule has 52 valence electrons. The second kappa shape index (κ2) is 2.41. The average Bonchev–Trinajstić information content (AvgIpc) is 2.13. The van der Waals surface area contributed by atoms with Crippen molar-refractivity contribution in [2.24, 2.45) is 0 Å². The number of hydrogen-bond donors (Lipinski definition) is 2. The van der Waals surface area contributed by atoms with Crippen LogP contribution in [0.15, 0.2) is 12.0 Å². The highest BCUT2D eigenvalue weighted by molar-refractivity contribution is 8.12. The number of rotatable bonds is 0. The van der Waals surface area contributed by atoms with Crippen LogP contribution in [0.3, 0.4) is 0 Å². The van der Waals surface area contributed by atoms with Crippen molar-refractivity contribution in [1.82, 2.24) is 9.84 Å². The van der Waals surface area contributed by atoms with E-state index in [0.29, 0.717) is 0 Å². The number of nitrogens with zero attached hydrogens (tertiary/aromatic N) is 1. The van der Waals surface area contributed by atoms with Gasteiger partial charge < -0.3 is 10.5 Å². The molecule has 0 spiro atoms. The third-order valence-electron chi connectivity index (χ3n) is 1.16. The molecule has 2 N–H and O–H groups in total. The van der Waals surface area contributed by atoms with Crippen molar-refractivity contribution < 1.29 is 5.11 Å². The molecule has 0 saturated carbocycles. The summed E-state index contributed by atoms with van der Waals surface area (Å²) in [6.07, 6.45) is 3.15. The van der Waals surface area contributed by atoms with Crippen LogP contribution in [0.4, 0.5) is 0 Å². The van der Waals surface area contributed by atoms with E-state index in [1.807, 2.05) is 16.8 Å². The maximum atomic E-state index is 8.52. The summed E-state index contributed by atoms with van der Waals surface area (Å²) in [5.74, 6) is 0. The summed E-state index contributed by atoms with van der Waals surface area (Å²) < 4.78 is 1.95. The Hall–Kier alpha value is -0.480. The Morgan fingerprint density at radius 3 is 2.78 bits per heavy atom. The van der Waals surface area contributed by atoms with E-state index in [1.165, 1.54) is 0 Å². The lowest BCUT2D eigenvalue weighted by atomic mass is 10.6. The average molecular weight is 146 g/mol. The molecule has 1 aliphatic heterocycles. The Labute approximate surface area is 57.0 Å². The molecule has 3 nitrogen and oxygen atoms in total. The van der Waals surface area contributed by atoms with E-state index < -0.39 is 0 Å². The number of hydrazine groups is 1. The van der Waals surface area contributed by atoms with Crippen molar-refractivity contribution in [3.63, 3.8) is 0 Å². The molecule has 0 radical (unpaired) electrons.